The largest absolute Gasteiger partial charge is 0.549 e. The van der Waals surface area contributed by atoms with E-state index in [1.165, 1.54) is 0 Å². The summed E-state index contributed by atoms with van der Waals surface area (Å²) in [4.78, 5) is 43.4. The van der Waals surface area contributed by atoms with Gasteiger partial charge in [-0.3, -0.25) is 9.80 Å². The van der Waals surface area contributed by atoms with Gasteiger partial charge in [-0.15, -0.1) is 0 Å². The van der Waals surface area contributed by atoms with E-state index in [1.54, 1.807) is 0 Å². The molecule has 0 aromatic heterocycles. The molecule has 0 N–H and O–H groups in total. The Bertz CT molecular complexity index is 321. The summed E-state index contributed by atoms with van der Waals surface area (Å²) in [6.07, 6.45) is 0. The summed E-state index contributed by atoms with van der Waals surface area (Å²) in [5, 5.41) is 41.6. The molecule has 0 atom stereocenters. The van der Waals surface area contributed by atoms with E-state index in [0.717, 1.165) is 9.80 Å². The van der Waals surface area contributed by atoms with Crippen LogP contribution in [0.1, 0.15) is 0 Å². The van der Waals surface area contributed by atoms with E-state index in [2.05, 4.69) is 0 Å². The van der Waals surface area contributed by atoms with Gasteiger partial charge in [-0.1, -0.05) is 0 Å². The molecule has 0 aliphatic rings. The minimum absolute atomic E-state index is 0. The fraction of sp³-hybridized carbons (Fsp3) is 0.600. The van der Waals surface area contributed by atoms with Crippen molar-refractivity contribution in [3.05, 3.63) is 0 Å². The number of nitrogens with zero attached hydrogens (tertiary/aromatic N) is 2. The first-order chi connectivity index (χ1) is 9.20. The minimum atomic E-state index is -1.53. The molecule has 0 radical (unpaired) electrons. The Hall–Kier alpha value is -1.71. The van der Waals surface area contributed by atoms with Crippen LogP contribution in [0.5, 0.6) is 0 Å². The molecule has 0 amide bonds. The van der Waals surface area contributed by atoms with Crippen molar-refractivity contribution in [3.63, 3.8) is 0 Å². The third kappa shape index (κ3) is 13.0. The predicted molar refractivity (Wildman–Crippen MR) is 52.9 cm³/mol. The summed E-state index contributed by atoms with van der Waals surface area (Å²) < 4.78 is 0. The van der Waals surface area contributed by atoms with Crippen molar-refractivity contribution < 1.29 is 56.1 Å². The number of carbonyl (C=O) groups is 4. The molecule has 0 aromatic carbocycles. The zero-order valence-corrected chi connectivity index (χ0v) is 11.7. The van der Waals surface area contributed by atoms with Gasteiger partial charge in [-0.05, 0) is 0 Å². The van der Waals surface area contributed by atoms with Crippen LogP contribution in [0.3, 0.4) is 0 Å². The van der Waals surface area contributed by atoms with Gasteiger partial charge in [0, 0.05) is 55.8 Å². The second kappa shape index (κ2) is 11.0. The number of hydrogen-bond acceptors (Lipinski definition) is 10. The molecule has 0 saturated carbocycles. The maximum Gasteiger partial charge on any atom is 0.0555 e. The Balaban J connectivity index is 0. The zero-order valence-electron chi connectivity index (χ0n) is 10.7. The minimum Gasteiger partial charge on any atom is -0.549 e. The molecule has 0 rings (SSSR count). The number of rotatable bonds is 11. The number of carbonyl (C=O) groups excluding carboxylic acids is 4. The summed E-state index contributed by atoms with van der Waals surface area (Å²) in [5.74, 6) is -6.12. The van der Waals surface area contributed by atoms with E-state index in [9.17, 15) is 39.6 Å². The van der Waals surface area contributed by atoms with Gasteiger partial charge in [0.05, 0.1) is 23.9 Å². The summed E-state index contributed by atoms with van der Waals surface area (Å²) in [5.41, 5.74) is 0. The first-order valence-electron chi connectivity index (χ1n) is 5.44. The van der Waals surface area contributed by atoms with Crippen molar-refractivity contribution >= 4 is 23.9 Å². The number of carboxylic acids is 4. The molecule has 0 spiro atoms. The van der Waals surface area contributed by atoms with Crippen LogP contribution in [0.25, 0.3) is 0 Å². The van der Waals surface area contributed by atoms with Crippen molar-refractivity contribution in [1.82, 2.24) is 9.80 Å². The van der Waals surface area contributed by atoms with Gasteiger partial charge in [0.2, 0.25) is 0 Å². The van der Waals surface area contributed by atoms with Gasteiger partial charge in [0.15, 0.2) is 0 Å². The molecule has 0 aliphatic carbocycles. The normalized spacial score (nSPS) is 10.2. The van der Waals surface area contributed by atoms with E-state index in [-0.39, 0.29) is 29.6 Å². The topological polar surface area (TPSA) is 167 Å². The van der Waals surface area contributed by atoms with Crippen molar-refractivity contribution in [2.24, 2.45) is 0 Å². The number of hydrogen-bond donors (Lipinski definition) is 0. The second-order valence-electron chi connectivity index (χ2n) is 3.91. The molecule has 0 aliphatic heterocycles. The van der Waals surface area contributed by atoms with Gasteiger partial charge in [-0.2, -0.15) is 0 Å². The van der Waals surface area contributed by atoms with Crippen LogP contribution in [0.4, 0.5) is 0 Å². The maximum absolute atomic E-state index is 10.4. The van der Waals surface area contributed by atoms with Gasteiger partial charge in [0.1, 0.15) is 0 Å². The van der Waals surface area contributed by atoms with E-state index in [4.69, 9.17) is 0 Å². The van der Waals surface area contributed by atoms with Crippen LogP contribution in [0.15, 0.2) is 0 Å². The Morgan fingerprint density at radius 2 is 0.762 bits per heavy atom. The fourth-order valence-electron chi connectivity index (χ4n) is 1.44. The second-order valence-corrected chi connectivity index (χ2v) is 3.91. The fourth-order valence-corrected chi connectivity index (χ4v) is 1.44. The van der Waals surface area contributed by atoms with Crippen LogP contribution in [-0.2, 0) is 35.7 Å². The van der Waals surface area contributed by atoms with Crippen LogP contribution in [0, 0.1) is 0 Å². The van der Waals surface area contributed by atoms with Crippen LogP contribution >= 0.6 is 0 Å². The van der Waals surface area contributed by atoms with Gasteiger partial charge in [0.25, 0.3) is 0 Å². The maximum atomic E-state index is 10.4. The summed E-state index contributed by atoms with van der Waals surface area (Å²) >= 11 is 0. The molecule has 0 fully saturated rings. The molecule has 124 valence electrons. The average Bonchev–Trinajstić information content (AvgIpc) is 2.22. The van der Waals surface area contributed by atoms with Crippen LogP contribution in [0.2, 0.25) is 0 Å². The van der Waals surface area contributed by atoms with Crippen molar-refractivity contribution in [2.75, 3.05) is 39.3 Å². The SMILES string of the molecule is O=C([O-])CN(CCN(CC(=O)[O-])CC(=O)[O-])CC(=O)[O-].[Ni]. The van der Waals surface area contributed by atoms with Crippen LogP contribution in [-0.4, -0.2) is 72.9 Å². The molecule has 0 heterocycles. The Labute approximate surface area is 129 Å². The third-order valence-electron chi connectivity index (χ3n) is 2.14. The standard InChI is InChI=1S/C10H16N2O8.Ni/c13-7(14)3-11(4-8(15)16)1-2-12(5-9(17)18)6-10(19)20;/h1-6H2,(H,13,14)(H,15,16)(H,17,18)(H,19,20);/p-4. The number of carboxylic acid groups (broad SMARTS) is 4. The van der Waals surface area contributed by atoms with E-state index in [1.807, 2.05) is 0 Å². The Kier molecular flexibility index (Phi) is 11.3. The molecular weight excluding hydrogens is 335 g/mol. The molecular formula is C10H12N2NiO8-4. The quantitative estimate of drug-likeness (QED) is 0.327. The number of aliphatic carboxylic acids is 4. The summed E-state index contributed by atoms with van der Waals surface area (Å²) in [6, 6.07) is 0. The molecule has 11 heteroatoms. The smallest absolute Gasteiger partial charge is 0.0555 e. The molecule has 0 bridgehead atoms. The van der Waals surface area contributed by atoms with E-state index < -0.39 is 50.1 Å². The molecule has 0 saturated heterocycles. The molecule has 0 aromatic rings. The summed E-state index contributed by atoms with van der Waals surface area (Å²) in [6.45, 7) is -3.25. The zero-order chi connectivity index (χ0) is 15.7. The van der Waals surface area contributed by atoms with Crippen molar-refractivity contribution in [2.45, 2.75) is 0 Å². The summed E-state index contributed by atoms with van der Waals surface area (Å²) in [7, 11) is 0. The average molecular weight is 347 g/mol. The van der Waals surface area contributed by atoms with E-state index >= 15 is 0 Å². The van der Waals surface area contributed by atoms with Gasteiger partial charge in [-0.25, -0.2) is 0 Å². The predicted octanol–water partition coefficient (Wildman–Crippen LogP) is -7.41. The van der Waals surface area contributed by atoms with Crippen molar-refractivity contribution in [1.29, 1.82) is 0 Å². The Morgan fingerprint density at radius 3 is 0.905 bits per heavy atom. The van der Waals surface area contributed by atoms with Gasteiger partial charge >= 0.3 is 0 Å². The Morgan fingerprint density at radius 1 is 0.571 bits per heavy atom. The van der Waals surface area contributed by atoms with Gasteiger partial charge < -0.3 is 39.6 Å². The monoisotopic (exact) mass is 346 g/mol. The van der Waals surface area contributed by atoms with Crippen LogP contribution < -0.4 is 20.4 Å². The molecule has 10 nitrogen and oxygen atoms in total. The van der Waals surface area contributed by atoms with E-state index in [0.29, 0.717) is 0 Å². The molecule has 21 heavy (non-hydrogen) atoms. The molecule has 0 unspecified atom stereocenters. The third-order valence-corrected chi connectivity index (χ3v) is 2.14. The first-order valence-corrected chi connectivity index (χ1v) is 5.44. The van der Waals surface area contributed by atoms with Crippen molar-refractivity contribution in [3.8, 4) is 0 Å². The first kappa shape index (κ1) is 21.6.